The summed E-state index contributed by atoms with van der Waals surface area (Å²) in [5.74, 6) is 0. The number of hydrogen-bond donors (Lipinski definition) is 0. The van der Waals surface area contributed by atoms with Gasteiger partial charge in [-0.15, -0.1) is 24.8 Å². The molecule has 0 aliphatic carbocycles. The summed E-state index contributed by atoms with van der Waals surface area (Å²) in [4.78, 5) is 0. The third kappa shape index (κ3) is 15.9. The van der Waals surface area contributed by atoms with Crippen molar-refractivity contribution in [2.24, 2.45) is 0 Å². The second-order valence-electron chi connectivity index (χ2n) is 1.50. The molecule has 0 atom stereocenters. The fourth-order valence-corrected chi connectivity index (χ4v) is 0.394. The van der Waals surface area contributed by atoms with Crippen LogP contribution in [0.5, 0.6) is 0 Å². The second kappa shape index (κ2) is 15.6. The van der Waals surface area contributed by atoms with Crippen LogP contribution in [0.4, 0.5) is 0 Å². The summed E-state index contributed by atoms with van der Waals surface area (Å²) in [7, 11) is 5.21. The van der Waals surface area contributed by atoms with Gasteiger partial charge in [-0.25, -0.2) is 0 Å². The molecule has 0 aliphatic heterocycles. The summed E-state index contributed by atoms with van der Waals surface area (Å²) in [6.07, 6.45) is 4.61. The molecule has 0 rings (SSSR count). The molecule has 0 fully saturated rings. The number of hydrogen-bond acceptors (Lipinski definition) is 0. The first-order valence-corrected chi connectivity index (χ1v) is 2.62. The van der Waals surface area contributed by atoms with Gasteiger partial charge in [-0.2, -0.15) is 0 Å². The van der Waals surface area contributed by atoms with Crippen LogP contribution < -0.4 is 0 Å². The van der Waals surface area contributed by atoms with Gasteiger partial charge in [0.15, 0.2) is 0 Å². The summed E-state index contributed by atoms with van der Waals surface area (Å²) in [6.45, 7) is 2.18. The highest BCUT2D eigenvalue weighted by molar-refractivity contribution is 6.08. The van der Waals surface area contributed by atoms with Crippen LogP contribution in [-0.4, -0.2) is 7.85 Å². The topological polar surface area (TPSA) is 0 Å². The smallest absolute Gasteiger partial charge is 0.0653 e. The minimum atomic E-state index is 0. The van der Waals surface area contributed by atoms with Gasteiger partial charge in [-0.3, -0.25) is 0 Å². The van der Waals surface area contributed by atoms with E-state index in [1.807, 2.05) is 0 Å². The molecule has 0 nitrogen and oxygen atoms in total. The number of halogens is 2. The highest BCUT2D eigenvalue weighted by atomic mass is 35.5. The largest absolute Gasteiger partial charge is 0.147 e. The van der Waals surface area contributed by atoms with Gasteiger partial charge in [0.05, 0.1) is 7.85 Å². The van der Waals surface area contributed by atoms with Gasteiger partial charge in [-0.1, -0.05) is 32.5 Å². The molecular weight excluding hydrogens is 142 g/mol. The van der Waals surface area contributed by atoms with E-state index in [0.29, 0.717) is 0 Å². The fraction of sp³-hybridized carbons (Fsp3) is 1.00. The second-order valence-corrected chi connectivity index (χ2v) is 1.50. The molecule has 2 radical (unpaired) electrons. The van der Waals surface area contributed by atoms with Crippen LogP contribution in [0, 0.1) is 0 Å². The standard InChI is InChI=1S/C5H11B.2ClH/c1-2-3-4-5-6;;/h2-5H2,1H3;2*1H. The van der Waals surface area contributed by atoms with Gasteiger partial charge < -0.3 is 0 Å². The van der Waals surface area contributed by atoms with Gasteiger partial charge in [0.1, 0.15) is 0 Å². The Bertz CT molecular complexity index is 22.4. The molecule has 0 bridgehead atoms. The Morgan fingerprint density at radius 2 is 1.62 bits per heavy atom. The monoisotopic (exact) mass is 154 g/mol. The van der Waals surface area contributed by atoms with Crippen molar-refractivity contribution < 1.29 is 0 Å². The minimum absolute atomic E-state index is 0. The van der Waals surface area contributed by atoms with Crippen LogP contribution in [0.3, 0.4) is 0 Å². The van der Waals surface area contributed by atoms with E-state index in [-0.39, 0.29) is 24.8 Å². The van der Waals surface area contributed by atoms with Gasteiger partial charge >= 0.3 is 0 Å². The van der Waals surface area contributed by atoms with E-state index in [9.17, 15) is 0 Å². The first-order valence-electron chi connectivity index (χ1n) is 2.62. The first kappa shape index (κ1) is 15.9. The number of rotatable bonds is 3. The van der Waals surface area contributed by atoms with Crippen molar-refractivity contribution in [2.75, 3.05) is 0 Å². The molecule has 0 aromatic rings. The Balaban J connectivity index is -0.000000125. The highest BCUT2D eigenvalue weighted by Crippen LogP contribution is 1.94. The summed E-state index contributed by atoms with van der Waals surface area (Å²) >= 11 is 0. The van der Waals surface area contributed by atoms with E-state index >= 15 is 0 Å². The van der Waals surface area contributed by atoms with Gasteiger partial charge in [0, 0.05) is 0 Å². The summed E-state index contributed by atoms with van der Waals surface area (Å²) in [6, 6.07) is 0. The maximum absolute atomic E-state index is 5.21. The lowest BCUT2D eigenvalue weighted by Gasteiger charge is -1.86. The zero-order chi connectivity index (χ0) is 4.83. The molecular formula is C5H13BCl2. The minimum Gasteiger partial charge on any atom is -0.147 e. The average Bonchev–Trinajstić information content (AvgIpc) is 1.61. The zero-order valence-electron chi connectivity index (χ0n) is 5.22. The Morgan fingerprint density at radius 1 is 1.12 bits per heavy atom. The van der Waals surface area contributed by atoms with Crippen molar-refractivity contribution in [1.29, 1.82) is 0 Å². The van der Waals surface area contributed by atoms with Crippen molar-refractivity contribution in [3.05, 3.63) is 0 Å². The fourth-order valence-electron chi connectivity index (χ4n) is 0.394. The van der Waals surface area contributed by atoms with Crippen molar-refractivity contribution >= 4 is 32.7 Å². The third-order valence-electron chi connectivity index (χ3n) is 0.808. The van der Waals surface area contributed by atoms with E-state index < -0.39 is 0 Å². The van der Waals surface area contributed by atoms with E-state index in [4.69, 9.17) is 7.85 Å². The SMILES string of the molecule is Cl.Cl.[B]CCCCC. The lowest BCUT2D eigenvalue weighted by atomic mass is 10.00. The van der Waals surface area contributed by atoms with E-state index in [1.54, 1.807) is 0 Å². The Labute approximate surface area is 65.7 Å². The summed E-state index contributed by atoms with van der Waals surface area (Å²) < 4.78 is 0. The van der Waals surface area contributed by atoms with Crippen LogP contribution in [0.2, 0.25) is 6.32 Å². The molecule has 50 valence electrons. The van der Waals surface area contributed by atoms with E-state index in [1.165, 1.54) is 19.3 Å². The lowest BCUT2D eigenvalue weighted by molar-refractivity contribution is 0.771. The molecule has 0 amide bonds. The number of unbranched alkanes of at least 4 members (excludes halogenated alkanes) is 2. The maximum atomic E-state index is 5.21. The first-order chi connectivity index (χ1) is 2.91. The maximum Gasteiger partial charge on any atom is 0.0653 e. The average molecular weight is 155 g/mol. The van der Waals surface area contributed by atoms with Crippen molar-refractivity contribution in [2.45, 2.75) is 32.5 Å². The molecule has 3 heteroatoms. The predicted molar refractivity (Wildman–Crippen MR) is 44.6 cm³/mol. The molecule has 0 aromatic carbocycles. The molecule has 0 saturated carbocycles. The van der Waals surface area contributed by atoms with E-state index in [2.05, 4.69) is 6.92 Å². The Hall–Kier alpha value is 0.645. The quantitative estimate of drug-likeness (QED) is 0.433. The van der Waals surface area contributed by atoms with Gasteiger partial charge in [-0.05, 0) is 0 Å². The van der Waals surface area contributed by atoms with Gasteiger partial charge in [0.25, 0.3) is 0 Å². The van der Waals surface area contributed by atoms with Crippen LogP contribution in [0.1, 0.15) is 26.2 Å². The Morgan fingerprint density at radius 3 is 1.75 bits per heavy atom. The van der Waals surface area contributed by atoms with Crippen LogP contribution in [0.15, 0.2) is 0 Å². The molecule has 0 aliphatic rings. The van der Waals surface area contributed by atoms with E-state index in [0.717, 1.165) is 6.32 Å². The molecule has 8 heavy (non-hydrogen) atoms. The molecule has 0 aromatic heterocycles. The third-order valence-corrected chi connectivity index (χ3v) is 0.808. The van der Waals surface area contributed by atoms with Crippen LogP contribution >= 0.6 is 24.8 Å². The lowest BCUT2D eigenvalue weighted by Crippen LogP contribution is -1.69. The summed E-state index contributed by atoms with van der Waals surface area (Å²) in [5, 5.41) is 0. The van der Waals surface area contributed by atoms with Crippen LogP contribution in [-0.2, 0) is 0 Å². The summed E-state index contributed by atoms with van der Waals surface area (Å²) in [5.41, 5.74) is 0. The molecule has 0 saturated heterocycles. The predicted octanol–water partition coefficient (Wildman–Crippen LogP) is 2.61. The zero-order valence-corrected chi connectivity index (χ0v) is 6.86. The van der Waals surface area contributed by atoms with Gasteiger partial charge in [0.2, 0.25) is 0 Å². The highest BCUT2D eigenvalue weighted by Gasteiger charge is 1.75. The normalized spacial score (nSPS) is 6.62. The Kier molecular flexibility index (Phi) is 31.0. The van der Waals surface area contributed by atoms with Crippen LogP contribution in [0.25, 0.3) is 0 Å². The van der Waals surface area contributed by atoms with Crippen molar-refractivity contribution in [3.8, 4) is 0 Å². The molecule has 0 heterocycles. The molecule has 0 spiro atoms. The van der Waals surface area contributed by atoms with Crippen molar-refractivity contribution in [3.63, 3.8) is 0 Å². The van der Waals surface area contributed by atoms with Crippen molar-refractivity contribution in [1.82, 2.24) is 0 Å². The molecule has 0 unspecified atom stereocenters. The molecule has 0 N–H and O–H groups in total.